The lowest BCUT2D eigenvalue weighted by molar-refractivity contribution is 0.0512. The van der Waals surface area contributed by atoms with Crippen molar-refractivity contribution in [3.63, 3.8) is 0 Å². The minimum atomic E-state index is -0.353. The number of hydrogen-bond donors (Lipinski definition) is 0. The van der Waals surface area contributed by atoms with Crippen molar-refractivity contribution >= 4 is 32.8 Å². The molecule has 0 saturated carbocycles. The molecule has 1 aliphatic rings. The molecule has 0 bridgehead atoms. The van der Waals surface area contributed by atoms with E-state index in [-0.39, 0.29) is 11.8 Å². The van der Waals surface area contributed by atoms with Crippen molar-refractivity contribution in [1.29, 1.82) is 0 Å². The number of carbonyl (C=O) groups is 1. The molecule has 0 saturated heterocycles. The minimum Gasteiger partial charge on any atom is -0.461 e. The average Bonchev–Trinajstić information content (AvgIpc) is 3.22. The van der Waals surface area contributed by atoms with Crippen LogP contribution in [-0.2, 0) is 36.1 Å². The van der Waals surface area contributed by atoms with Crippen LogP contribution in [-0.4, -0.2) is 38.9 Å². The molecule has 0 radical (unpaired) electrons. The molecular formula is C24H29BrFN3O3. The fraction of sp³-hybridized carbons (Fsp3) is 0.500. The first-order valence-corrected chi connectivity index (χ1v) is 12.3. The third-order valence-electron chi connectivity index (χ3n) is 6.12. The zero-order chi connectivity index (χ0) is 22.8. The van der Waals surface area contributed by atoms with Crippen LogP contribution in [0.3, 0.4) is 0 Å². The highest BCUT2D eigenvalue weighted by Gasteiger charge is 2.29. The highest BCUT2D eigenvalue weighted by atomic mass is 79.9. The number of fused-ring (bicyclic) bond motifs is 2. The summed E-state index contributed by atoms with van der Waals surface area (Å²) in [7, 11) is 1.86. The van der Waals surface area contributed by atoms with Gasteiger partial charge in [-0.05, 0) is 57.2 Å². The SMILES string of the molecule is CCOC(=O)c1c(CCCBr)c2ccc(F)c3c2n1CCCCOCc1nn(C)c(C)c1-3. The Morgan fingerprint density at radius 1 is 1.31 bits per heavy atom. The predicted molar refractivity (Wildman–Crippen MR) is 126 cm³/mol. The van der Waals surface area contributed by atoms with E-state index in [1.165, 1.54) is 6.07 Å². The molecule has 0 unspecified atom stereocenters. The predicted octanol–water partition coefficient (Wildman–Crippen LogP) is 5.30. The van der Waals surface area contributed by atoms with Crippen molar-refractivity contribution in [2.75, 3.05) is 18.5 Å². The number of benzene rings is 1. The first-order chi connectivity index (χ1) is 15.5. The number of esters is 1. The molecule has 6 nitrogen and oxygen atoms in total. The van der Waals surface area contributed by atoms with Gasteiger partial charge in [-0.2, -0.15) is 5.10 Å². The second-order valence-electron chi connectivity index (χ2n) is 8.10. The molecule has 0 spiro atoms. The maximum Gasteiger partial charge on any atom is 0.355 e. The molecule has 32 heavy (non-hydrogen) atoms. The van der Waals surface area contributed by atoms with Crippen molar-refractivity contribution in [1.82, 2.24) is 14.3 Å². The Balaban J connectivity index is 2.12. The fourth-order valence-corrected chi connectivity index (χ4v) is 4.91. The standard InChI is InChI=1S/C24H29BrFN3O3/c1-4-32-24(30)23-16(8-7-11-25)17-9-10-18(26)21-20-15(2)28(3)27-19(20)14-31-13-6-5-12-29(23)22(17)21/h9-10H,4-8,11-14H2,1-3H3. The number of nitrogens with zero attached hydrogens (tertiary/aromatic N) is 3. The summed E-state index contributed by atoms with van der Waals surface area (Å²) in [5, 5.41) is 6.34. The quantitative estimate of drug-likeness (QED) is 0.348. The van der Waals surface area contributed by atoms with Crippen LogP contribution in [0.4, 0.5) is 4.39 Å². The van der Waals surface area contributed by atoms with Crippen LogP contribution < -0.4 is 0 Å². The lowest BCUT2D eigenvalue weighted by Crippen LogP contribution is -2.15. The maximum atomic E-state index is 15.6. The molecule has 1 aliphatic heterocycles. The highest BCUT2D eigenvalue weighted by molar-refractivity contribution is 9.09. The van der Waals surface area contributed by atoms with Crippen LogP contribution in [0.1, 0.15) is 53.6 Å². The third kappa shape index (κ3) is 3.99. The summed E-state index contributed by atoms with van der Waals surface area (Å²) in [5.41, 5.74) is 5.03. The maximum absolute atomic E-state index is 15.6. The lowest BCUT2D eigenvalue weighted by Gasteiger charge is -2.14. The van der Waals surface area contributed by atoms with E-state index in [1.54, 1.807) is 17.7 Å². The molecule has 172 valence electrons. The van der Waals surface area contributed by atoms with Gasteiger partial charge < -0.3 is 14.0 Å². The number of aromatic nitrogens is 3. The molecule has 0 amide bonds. The van der Waals surface area contributed by atoms with Crippen molar-refractivity contribution < 1.29 is 18.7 Å². The van der Waals surface area contributed by atoms with Crippen molar-refractivity contribution in [2.24, 2.45) is 7.05 Å². The number of carbonyl (C=O) groups excluding carboxylic acids is 1. The van der Waals surface area contributed by atoms with E-state index in [9.17, 15) is 4.79 Å². The summed E-state index contributed by atoms with van der Waals surface area (Å²) >= 11 is 3.51. The summed E-state index contributed by atoms with van der Waals surface area (Å²) in [6.07, 6.45) is 3.22. The van der Waals surface area contributed by atoms with Gasteiger partial charge >= 0.3 is 5.97 Å². The Morgan fingerprint density at radius 2 is 2.12 bits per heavy atom. The normalized spacial score (nSPS) is 14.3. The Labute approximate surface area is 195 Å². The van der Waals surface area contributed by atoms with Gasteiger partial charge in [0.05, 0.1) is 24.4 Å². The zero-order valence-electron chi connectivity index (χ0n) is 18.8. The van der Waals surface area contributed by atoms with E-state index in [0.717, 1.165) is 52.3 Å². The minimum absolute atomic E-state index is 0.291. The number of ether oxygens (including phenoxy) is 2. The number of alkyl halides is 1. The van der Waals surface area contributed by atoms with Crippen LogP contribution in [0.25, 0.3) is 22.0 Å². The number of rotatable bonds is 5. The Morgan fingerprint density at radius 3 is 2.88 bits per heavy atom. The number of halogens is 2. The van der Waals surface area contributed by atoms with Gasteiger partial charge in [-0.15, -0.1) is 0 Å². The van der Waals surface area contributed by atoms with E-state index < -0.39 is 0 Å². The Hall–Kier alpha value is -2.19. The van der Waals surface area contributed by atoms with Crippen molar-refractivity contribution in [3.05, 3.63) is 40.6 Å². The van der Waals surface area contributed by atoms with Gasteiger partial charge in [-0.3, -0.25) is 4.68 Å². The molecule has 0 fully saturated rings. The summed E-state index contributed by atoms with van der Waals surface area (Å²) in [5.74, 6) is -0.677. The Bertz CT molecular complexity index is 1150. The van der Waals surface area contributed by atoms with Crippen LogP contribution in [0, 0.1) is 12.7 Å². The molecule has 3 aromatic rings. The monoisotopic (exact) mass is 505 g/mol. The summed E-state index contributed by atoms with van der Waals surface area (Å²) in [6, 6.07) is 3.31. The smallest absolute Gasteiger partial charge is 0.355 e. The number of aryl methyl sites for hydroxylation is 3. The molecule has 2 aromatic heterocycles. The van der Waals surface area contributed by atoms with Crippen molar-refractivity contribution in [3.8, 4) is 11.1 Å². The molecule has 8 heteroatoms. The largest absolute Gasteiger partial charge is 0.461 e. The average molecular weight is 506 g/mol. The van der Waals surface area contributed by atoms with Gasteiger partial charge in [-0.25, -0.2) is 9.18 Å². The van der Waals surface area contributed by atoms with Crippen LogP contribution in [0.15, 0.2) is 12.1 Å². The van der Waals surface area contributed by atoms with E-state index in [1.807, 2.05) is 18.5 Å². The first kappa shape index (κ1) is 23.0. The van der Waals surface area contributed by atoms with E-state index in [4.69, 9.17) is 9.47 Å². The van der Waals surface area contributed by atoms with E-state index in [2.05, 4.69) is 21.0 Å². The van der Waals surface area contributed by atoms with Gasteiger partial charge in [0, 0.05) is 47.7 Å². The third-order valence-corrected chi connectivity index (χ3v) is 6.68. The highest BCUT2D eigenvalue weighted by Crippen LogP contribution is 2.40. The Kier molecular flexibility index (Phi) is 7.00. The van der Waals surface area contributed by atoms with Crippen LogP contribution in [0.2, 0.25) is 0 Å². The molecule has 4 rings (SSSR count). The topological polar surface area (TPSA) is 58.3 Å². The molecule has 0 atom stereocenters. The molecule has 0 N–H and O–H groups in total. The molecule has 0 aliphatic carbocycles. The van der Waals surface area contributed by atoms with Crippen molar-refractivity contribution in [2.45, 2.75) is 52.7 Å². The van der Waals surface area contributed by atoms with Gasteiger partial charge in [0.15, 0.2) is 0 Å². The summed E-state index contributed by atoms with van der Waals surface area (Å²) in [4.78, 5) is 13.1. The van der Waals surface area contributed by atoms with Gasteiger partial charge in [0.25, 0.3) is 0 Å². The molecule has 1 aromatic carbocycles. The van der Waals surface area contributed by atoms with Crippen LogP contribution >= 0.6 is 15.9 Å². The van der Waals surface area contributed by atoms with E-state index in [0.29, 0.717) is 49.7 Å². The first-order valence-electron chi connectivity index (χ1n) is 11.2. The molecular weight excluding hydrogens is 477 g/mol. The summed E-state index contributed by atoms with van der Waals surface area (Å²) < 4.78 is 30.6. The van der Waals surface area contributed by atoms with E-state index >= 15 is 4.39 Å². The fourth-order valence-electron chi connectivity index (χ4n) is 4.63. The number of hydrogen-bond acceptors (Lipinski definition) is 4. The van der Waals surface area contributed by atoms with Gasteiger partial charge in [0.1, 0.15) is 11.5 Å². The van der Waals surface area contributed by atoms with Crippen LogP contribution in [0.5, 0.6) is 0 Å². The summed E-state index contributed by atoms with van der Waals surface area (Å²) in [6.45, 7) is 5.54. The van der Waals surface area contributed by atoms with Gasteiger partial charge in [0.2, 0.25) is 0 Å². The lowest BCUT2D eigenvalue weighted by atomic mass is 9.97. The second-order valence-corrected chi connectivity index (χ2v) is 8.89. The molecule has 3 heterocycles. The second kappa shape index (κ2) is 9.75. The zero-order valence-corrected chi connectivity index (χ0v) is 20.4. The van der Waals surface area contributed by atoms with Gasteiger partial charge in [-0.1, -0.05) is 15.9 Å².